The van der Waals surface area contributed by atoms with Gasteiger partial charge in [0.1, 0.15) is 12.4 Å². The van der Waals surface area contributed by atoms with Crippen LogP contribution in [0.15, 0.2) is 42.5 Å². The SMILES string of the molecule is CNCc1ccc(OCc2ccc(CO)cc2)c(Cl)c1. The molecule has 0 aliphatic heterocycles. The van der Waals surface area contributed by atoms with Gasteiger partial charge in [0.15, 0.2) is 0 Å². The number of aliphatic hydroxyl groups is 1. The molecule has 2 aromatic carbocycles. The van der Waals surface area contributed by atoms with Crippen LogP contribution in [0.4, 0.5) is 0 Å². The number of hydrogen-bond donors (Lipinski definition) is 2. The van der Waals surface area contributed by atoms with Gasteiger partial charge in [-0.25, -0.2) is 0 Å². The molecule has 4 heteroatoms. The summed E-state index contributed by atoms with van der Waals surface area (Å²) in [4.78, 5) is 0. The quantitative estimate of drug-likeness (QED) is 0.859. The van der Waals surface area contributed by atoms with Crippen LogP contribution in [0.2, 0.25) is 5.02 Å². The highest BCUT2D eigenvalue weighted by Gasteiger charge is 2.03. The summed E-state index contributed by atoms with van der Waals surface area (Å²) in [5.41, 5.74) is 3.05. The van der Waals surface area contributed by atoms with E-state index in [4.69, 9.17) is 21.4 Å². The van der Waals surface area contributed by atoms with E-state index >= 15 is 0 Å². The number of rotatable bonds is 6. The summed E-state index contributed by atoms with van der Waals surface area (Å²) in [5, 5.41) is 12.7. The van der Waals surface area contributed by atoms with E-state index in [0.29, 0.717) is 17.4 Å². The first-order valence-electron chi connectivity index (χ1n) is 6.47. The van der Waals surface area contributed by atoms with E-state index in [-0.39, 0.29) is 6.61 Å². The molecule has 106 valence electrons. The van der Waals surface area contributed by atoms with Crippen molar-refractivity contribution in [1.29, 1.82) is 0 Å². The molecule has 0 spiro atoms. The molecule has 0 radical (unpaired) electrons. The summed E-state index contributed by atoms with van der Waals surface area (Å²) < 4.78 is 5.71. The van der Waals surface area contributed by atoms with Crippen LogP contribution in [-0.4, -0.2) is 12.2 Å². The molecule has 2 aromatic rings. The Hall–Kier alpha value is -1.55. The van der Waals surface area contributed by atoms with Crippen LogP contribution in [0.1, 0.15) is 16.7 Å². The Morgan fingerprint density at radius 1 is 1.05 bits per heavy atom. The fourth-order valence-corrected chi connectivity index (χ4v) is 2.14. The fourth-order valence-electron chi connectivity index (χ4n) is 1.88. The Morgan fingerprint density at radius 3 is 2.30 bits per heavy atom. The topological polar surface area (TPSA) is 41.5 Å². The molecular weight excluding hydrogens is 274 g/mol. The van der Waals surface area contributed by atoms with E-state index in [1.165, 1.54) is 0 Å². The van der Waals surface area contributed by atoms with Crippen LogP contribution < -0.4 is 10.1 Å². The van der Waals surface area contributed by atoms with Crippen molar-refractivity contribution in [2.75, 3.05) is 7.05 Å². The third kappa shape index (κ3) is 3.97. The third-order valence-electron chi connectivity index (χ3n) is 2.98. The van der Waals surface area contributed by atoms with Gasteiger partial charge in [-0.3, -0.25) is 0 Å². The van der Waals surface area contributed by atoms with E-state index in [0.717, 1.165) is 23.2 Å². The highest BCUT2D eigenvalue weighted by atomic mass is 35.5. The molecule has 0 saturated carbocycles. The zero-order valence-corrected chi connectivity index (χ0v) is 12.2. The van der Waals surface area contributed by atoms with Gasteiger partial charge < -0.3 is 15.2 Å². The van der Waals surface area contributed by atoms with Gasteiger partial charge in [-0.2, -0.15) is 0 Å². The Morgan fingerprint density at radius 2 is 1.70 bits per heavy atom. The molecular formula is C16H18ClNO2. The van der Waals surface area contributed by atoms with Gasteiger partial charge in [-0.15, -0.1) is 0 Å². The number of benzene rings is 2. The highest BCUT2D eigenvalue weighted by molar-refractivity contribution is 6.32. The molecule has 0 aromatic heterocycles. The lowest BCUT2D eigenvalue weighted by molar-refractivity contribution is 0.281. The van der Waals surface area contributed by atoms with Gasteiger partial charge in [0.2, 0.25) is 0 Å². The van der Waals surface area contributed by atoms with Crippen LogP contribution in [0.3, 0.4) is 0 Å². The Kier molecular flexibility index (Phi) is 5.41. The van der Waals surface area contributed by atoms with Gasteiger partial charge >= 0.3 is 0 Å². The van der Waals surface area contributed by atoms with E-state index in [9.17, 15) is 0 Å². The summed E-state index contributed by atoms with van der Waals surface area (Å²) in [7, 11) is 1.90. The number of halogens is 1. The van der Waals surface area contributed by atoms with Crippen molar-refractivity contribution in [1.82, 2.24) is 5.32 Å². The van der Waals surface area contributed by atoms with E-state index in [1.807, 2.05) is 49.5 Å². The second-order valence-corrected chi connectivity index (χ2v) is 4.97. The van der Waals surface area contributed by atoms with Crippen molar-refractivity contribution in [3.63, 3.8) is 0 Å². The van der Waals surface area contributed by atoms with Crippen molar-refractivity contribution in [3.05, 3.63) is 64.2 Å². The maximum Gasteiger partial charge on any atom is 0.138 e. The molecule has 0 heterocycles. The molecule has 3 nitrogen and oxygen atoms in total. The fraction of sp³-hybridized carbons (Fsp3) is 0.250. The lowest BCUT2D eigenvalue weighted by Crippen LogP contribution is -2.05. The predicted octanol–water partition coefficient (Wildman–Crippen LogP) is 3.13. The van der Waals surface area contributed by atoms with E-state index < -0.39 is 0 Å². The number of hydrogen-bond acceptors (Lipinski definition) is 3. The number of nitrogens with one attached hydrogen (secondary N) is 1. The first-order chi connectivity index (χ1) is 9.72. The maximum absolute atomic E-state index is 8.99. The first-order valence-corrected chi connectivity index (χ1v) is 6.85. The van der Waals surface area contributed by atoms with Crippen molar-refractivity contribution >= 4 is 11.6 Å². The number of ether oxygens (including phenoxy) is 1. The lowest BCUT2D eigenvalue weighted by atomic mass is 10.1. The van der Waals surface area contributed by atoms with Gasteiger partial charge in [-0.05, 0) is 35.9 Å². The standard InChI is InChI=1S/C16H18ClNO2/c1-18-9-14-6-7-16(15(17)8-14)20-11-13-4-2-12(10-19)3-5-13/h2-8,18-19H,9-11H2,1H3. The summed E-state index contributed by atoms with van der Waals surface area (Å²) in [6.45, 7) is 1.29. The van der Waals surface area contributed by atoms with Gasteiger partial charge in [-0.1, -0.05) is 41.9 Å². The molecule has 0 unspecified atom stereocenters. The van der Waals surface area contributed by atoms with Crippen LogP contribution in [-0.2, 0) is 19.8 Å². The van der Waals surface area contributed by atoms with Crippen LogP contribution in [0.25, 0.3) is 0 Å². The Labute approximate surface area is 124 Å². The highest BCUT2D eigenvalue weighted by Crippen LogP contribution is 2.26. The average Bonchev–Trinajstić information content (AvgIpc) is 2.47. The monoisotopic (exact) mass is 291 g/mol. The van der Waals surface area contributed by atoms with Crippen molar-refractivity contribution in [3.8, 4) is 5.75 Å². The van der Waals surface area contributed by atoms with Crippen molar-refractivity contribution < 1.29 is 9.84 Å². The van der Waals surface area contributed by atoms with Crippen molar-refractivity contribution in [2.45, 2.75) is 19.8 Å². The van der Waals surface area contributed by atoms with Crippen LogP contribution in [0, 0.1) is 0 Å². The second-order valence-electron chi connectivity index (χ2n) is 4.56. The Bertz CT molecular complexity index is 555. The molecule has 0 fully saturated rings. The second kappa shape index (κ2) is 7.29. The van der Waals surface area contributed by atoms with E-state index in [2.05, 4.69) is 5.32 Å². The minimum atomic E-state index is 0.0554. The number of aliphatic hydroxyl groups excluding tert-OH is 1. The predicted molar refractivity (Wildman–Crippen MR) is 80.9 cm³/mol. The minimum absolute atomic E-state index is 0.0554. The smallest absolute Gasteiger partial charge is 0.138 e. The molecule has 0 bridgehead atoms. The zero-order valence-electron chi connectivity index (χ0n) is 11.4. The average molecular weight is 292 g/mol. The normalized spacial score (nSPS) is 10.6. The zero-order chi connectivity index (χ0) is 14.4. The third-order valence-corrected chi connectivity index (χ3v) is 3.27. The van der Waals surface area contributed by atoms with Gasteiger partial charge in [0.05, 0.1) is 11.6 Å². The van der Waals surface area contributed by atoms with Crippen molar-refractivity contribution in [2.24, 2.45) is 0 Å². The molecule has 0 atom stereocenters. The van der Waals surface area contributed by atoms with Gasteiger partial charge in [0.25, 0.3) is 0 Å². The minimum Gasteiger partial charge on any atom is -0.487 e. The molecule has 0 aliphatic rings. The molecule has 0 amide bonds. The van der Waals surface area contributed by atoms with Gasteiger partial charge in [0, 0.05) is 6.54 Å². The first kappa shape index (κ1) is 14.9. The summed E-state index contributed by atoms with van der Waals surface area (Å²) in [6, 6.07) is 13.4. The summed E-state index contributed by atoms with van der Waals surface area (Å²) >= 11 is 6.19. The maximum atomic E-state index is 8.99. The van der Waals surface area contributed by atoms with E-state index in [1.54, 1.807) is 0 Å². The van der Waals surface area contributed by atoms with Crippen LogP contribution in [0.5, 0.6) is 5.75 Å². The summed E-state index contributed by atoms with van der Waals surface area (Å²) in [5.74, 6) is 0.678. The Balaban J connectivity index is 1.99. The van der Waals surface area contributed by atoms with Crippen LogP contribution >= 0.6 is 11.6 Å². The molecule has 2 rings (SSSR count). The lowest BCUT2D eigenvalue weighted by Gasteiger charge is -2.10. The summed E-state index contributed by atoms with van der Waals surface area (Å²) in [6.07, 6.45) is 0. The largest absolute Gasteiger partial charge is 0.487 e. The molecule has 20 heavy (non-hydrogen) atoms. The molecule has 2 N–H and O–H groups in total. The molecule has 0 aliphatic carbocycles. The molecule has 0 saturated heterocycles.